The van der Waals surface area contributed by atoms with Gasteiger partial charge in [-0.2, -0.15) is 0 Å². The molecule has 0 aromatic heterocycles. The highest BCUT2D eigenvalue weighted by Gasteiger charge is 2.25. The van der Waals surface area contributed by atoms with Crippen molar-refractivity contribution in [1.82, 2.24) is 4.90 Å². The summed E-state index contributed by atoms with van der Waals surface area (Å²) in [5.41, 5.74) is 0. The van der Waals surface area contributed by atoms with Crippen LogP contribution in [0.1, 0.15) is 26.2 Å². The largest absolute Gasteiger partial charge is 0.303 e. The minimum Gasteiger partial charge on any atom is -0.303 e. The minimum absolute atomic E-state index is 0.281. The van der Waals surface area contributed by atoms with Gasteiger partial charge >= 0.3 is 0 Å². The van der Waals surface area contributed by atoms with Gasteiger partial charge in [0.25, 0.3) is 0 Å². The van der Waals surface area contributed by atoms with E-state index < -0.39 is 6.17 Å². The van der Waals surface area contributed by atoms with E-state index in [1.165, 1.54) is 6.92 Å². The first-order chi connectivity index (χ1) is 5.61. The van der Waals surface area contributed by atoms with E-state index in [0.29, 0.717) is 6.42 Å². The van der Waals surface area contributed by atoms with Crippen LogP contribution in [0.3, 0.4) is 0 Å². The van der Waals surface area contributed by atoms with Gasteiger partial charge in [-0.05, 0) is 33.4 Å². The van der Waals surface area contributed by atoms with E-state index >= 15 is 0 Å². The summed E-state index contributed by atoms with van der Waals surface area (Å²) in [6, 6.07) is 0.281. The lowest BCUT2D eigenvalue weighted by Crippen LogP contribution is -2.29. The zero-order chi connectivity index (χ0) is 9.14. The van der Waals surface area contributed by atoms with E-state index in [2.05, 4.69) is 4.90 Å². The Morgan fingerprint density at radius 2 is 2.42 bits per heavy atom. The Labute approximate surface area is 72.7 Å². The van der Waals surface area contributed by atoms with Crippen molar-refractivity contribution in [3.8, 4) is 0 Å². The van der Waals surface area contributed by atoms with E-state index in [4.69, 9.17) is 0 Å². The van der Waals surface area contributed by atoms with Crippen LogP contribution in [-0.2, 0) is 4.79 Å². The number of ketones is 1. The summed E-state index contributed by atoms with van der Waals surface area (Å²) in [5.74, 6) is -0.338. The molecule has 1 saturated heterocycles. The molecule has 0 saturated carbocycles. The molecule has 1 fully saturated rings. The number of hydrogen-bond donors (Lipinski definition) is 0. The molecule has 3 heteroatoms. The summed E-state index contributed by atoms with van der Waals surface area (Å²) in [6.45, 7) is 2.36. The normalized spacial score (nSPS) is 27.4. The van der Waals surface area contributed by atoms with Crippen molar-refractivity contribution in [2.24, 2.45) is 0 Å². The van der Waals surface area contributed by atoms with Gasteiger partial charge in [-0.25, -0.2) is 4.39 Å². The second-order valence-electron chi connectivity index (χ2n) is 3.59. The molecule has 1 rings (SSSR count). The maximum atomic E-state index is 13.0. The summed E-state index contributed by atoms with van der Waals surface area (Å²) in [6.07, 6.45) is 1.29. The summed E-state index contributed by atoms with van der Waals surface area (Å²) in [4.78, 5) is 12.8. The number of rotatable bonds is 3. The summed E-state index contributed by atoms with van der Waals surface area (Å²) in [7, 11) is 1.99. The van der Waals surface area contributed by atoms with Crippen LogP contribution < -0.4 is 0 Å². The summed E-state index contributed by atoms with van der Waals surface area (Å²) >= 11 is 0. The molecule has 70 valence electrons. The first-order valence-electron chi connectivity index (χ1n) is 4.46. The first-order valence-corrected chi connectivity index (χ1v) is 4.46. The third-order valence-corrected chi connectivity index (χ3v) is 2.59. The van der Waals surface area contributed by atoms with Crippen molar-refractivity contribution in [1.29, 1.82) is 0 Å². The Morgan fingerprint density at radius 1 is 1.75 bits per heavy atom. The van der Waals surface area contributed by atoms with Crippen molar-refractivity contribution in [2.75, 3.05) is 13.6 Å². The smallest absolute Gasteiger partial charge is 0.163 e. The number of likely N-dealkylation sites (tertiary alicyclic amines) is 1. The van der Waals surface area contributed by atoms with Gasteiger partial charge in [0.05, 0.1) is 0 Å². The number of Topliss-reactive ketones (excluding diaryl/α,β-unsaturated/α-hetero) is 1. The molecule has 0 bridgehead atoms. The Bertz CT molecular complexity index is 172. The van der Waals surface area contributed by atoms with Gasteiger partial charge in [-0.3, -0.25) is 4.79 Å². The number of halogens is 1. The maximum absolute atomic E-state index is 13.0. The topological polar surface area (TPSA) is 20.3 Å². The lowest BCUT2D eigenvalue weighted by molar-refractivity contribution is -0.122. The quantitative estimate of drug-likeness (QED) is 0.643. The summed E-state index contributed by atoms with van der Waals surface area (Å²) in [5, 5.41) is 0. The fourth-order valence-corrected chi connectivity index (χ4v) is 1.68. The predicted molar refractivity (Wildman–Crippen MR) is 45.8 cm³/mol. The van der Waals surface area contributed by atoms with E-state index in [-0.39, 0.29) is 11.8 Å². The van der Waals surface area contributed by atoms with Crippen molar-refractivity contribution in [3.05, 3.63) is 0 Å². The van der Waals surface area contributed by atoms with Crippen molar-refractivity contribution in [3.63, 3.8) is 0 Å². The molecule has 2 unspecified atom stereocenters. The number of alkyl halides is 1. The van der Waals surface area contributed by atoms with Crippen LogP contribution in [0.5, 0.6) is 0 Å². The number of nitrogens with zero attached hydrogens (tertiary/aromatic N) is 1. The van der Waals surface area contributed by atoms with Gasteiger partial charge in [-0.1, -0.05) is 0 Å². The highest BCUT2D eigenvalue weighted by Crippen LogP contribution is 2.20. The number of hydrogen-bond acceptors (Lipinski definition) is 2. The first kappa shape index (κ1) is 9.65. The van der Waals surface area contributed by atoms with E-state index in [9.17, 15) is 9.18 Å². The standard InChI is InChI=1S/C9H16FNO/c1-7(12)9(10)6-8-4-3-5-11(8)2/h8-9H,3-6H2,1-2H3. The second-order valence-corrected chi connectivity index (χ2v) is 3.59. The third kappa shape index (κ3) is 2.27. The Hall–Kier alpha value is -0.440. The Balaban J connectivity index is 2.35. The van der Waals surface area contributed by atoms with Crippen LogP contribution in [0, 0.1) is 0 Å². The van der Waals surface area contributed by atoms with Crippen LogP contribution in [-0.4, -0.2) is 36.5 Å². The zero-order valence-corrected chi connectivity index (χ0v) is 7.72. The second kappa shape index (κ2) is 3.99. The molecule has 1 aliphatic heterocycles. The Kier molecular flexibility index (Phi) is 3.20. The van der Waals surface area contributed by atoms with Crippen LogP contribution in [0.25, 0.3) is 0 Å². The lowest BCUT2D eigenvalue weighted by atomic mass is 10.1. The van der Waals surface area contributed by atoms with E-state index in [1.807, 2.05) is 7.05 Å². The van der Waals surface area contributed by atoms with Crippen LogP contribution in [0.4, 0.5) is 4.39 Å². The molecule has 0 aliphatic carbocycles. The minimum atomic E-state index is -1.25. The van der Waals surface area contributed by atoms with Gasteiger partial charge in [0, 0.05) is 12.5 Å². The van der Waals surface area contributed by atoms with Gasteiger partial charge in [0.1, 0.15) is 0 Å². The van der Waals surface area contributed by atoms with Gasteiger partial charge in [0.15, 0.2) is 12.0 Å². The lowest BCUT2D eigenvalue weighted by Gasteiger charge is -2.19. The molecule has 0 spiro atoms. The van der Waals surface area contributed by atoms with Gasteiger partial charge in [-0.15, -0.1) is 0 Å². The highest BCUT2D eigenvalue weighted by molar-refractivity contribution is 5.80. The SMILES string of the molecule is CC(=O)C(F)CC1CCCN1C. The van der Waals surface area contributed by atoms with Gasteiger partial charge < -0.3 is 4.90 Å². The van der Waals surface area contributed by atoms with Gasteiger partial charge in [0.2, 0.25) is 0 Å². The van der Waals surface area contributed by atoms with Crippen LogP contribution >= 0.6 is 0 Å². The predicted octanol–water partition coefficient (Wildman–Crippen LogP) is 1.40. The number of carbonyl (C=O) groups excluding carboxylic acids is 1. The molecule has 2 atom stereocenters. The van der Waals surface area contributed by atoms with E-state index in [1.54, 1.807) is 0 Å². The van der Waals surface area contributed by atoms with E-state index in [0.717, 1.165) is 19.4 Å². The zero-order valence-electron chi connectivity index (χ0n) is 7.72. The monoisotopic (exact) mass is 173 g/mol. The molecule has 12 heavy (non-hydrogen) atoms. The molecule has 2 nitrogen and oxygen atoms in total. The molecule has 1 aliphatic rings. The molecular weight excluding hydrogens is 157 g/mol. The van der Waals surface area contributed by atoms with Crippen LogP contribution in [0.15, 0.2) is 0 Å². The molecule has 0 radical (unpaired) electrons. The highest BCUT2D eigenvalue weighted by atomic mass is 19.1. The third-order valence-electron chi connectivity index (χ3n) is 2.59. The average molecular weight is 173 g/mol. The summed E-state index contributed by atoms with van der Waals surface area (Å²) < 4.78 is 13.0. The van der Waals surface area contributed by atoms with Crippen LogP contribution in [0.2, 0.25) is 0 Å². The Morgan fingerprint density at radius 3 is 2.83 bits per heavy atom. The molecular formula is C9H16FNO. The fourth-order valence-electron chi connectivity index (χ4n) is 1.68. The fraction of sp³-hybridized carbons (Fsp3) is 0.889. The van der Waals surface area contributed by atoms with Crippen molar-refractivity contribution < 1.29 is 9.18 Å². The molecule has 0 aromatic rings. The molecule has 0 N–H and O–H groups in total. The van der Waals surface area contributed by atoms with Crippen molar-refractivity contribution >= 4 is 5.78 Å². The average Bonchev–Trinajstić information content (AvgIpc) is 2.36. The maximum Gasteiger partial charge on any atom is 0.163 e. The number of carbonyl (C=O) groups is 1. The molecule has 0 amide bonds. The molecule has 1 heterocycles. The van der Waals surface area contributed by atoms with Crippen molar-refractivity contribution in [2.45, 2.75) is 38.4 Å². The molecule has 0 aromatic carbocycles.